The lowest BCUT2D eigenvalue weighted by Crippen LogP contribution is -2.44. The van der Waals surface area contributed by atoms with Crippen molar-refractivity contribution in [1.29, 1.82) is 0 Å². The number of methoxy groups -OCH3 is 1. The third-order valence-corrected chi connectivity index (χ3v) is 9.66. The maximum absolute atomic E-state index is 11.9. The van der Waals surface area contributed by atoms with Crippen LogP contribution in [0.3, 0.4) is 0 Å². The molecular formula is C22H37NO5Si. The lowest BCUT2D eigenvalue weighted by Gasteiger charge is -2.37. The van der Waals surface area contributed by atoms with Gasteiger partial charge in [-0.2, -0.15) is 0 Å². The third kappa shape index (κ3) is 7.72. The zero-order valence-electron chi connectivity index (χ0n) is 19.2. The van der Waals surface area contributed by atoms with Crippen molar-refractivity contribution in [1.82, 2.24) is 5.32 Å². The Labute approximate surface area is 176 Å². The van der Waals surface area contributed by atoms with Crippen molar-refractivity contribution in [2.75, 3.05) is 13.7 Å². The number of esters is 1. The van der Waals surface area contributed by atoms with E-state index in [1.165, 1.54) is 6.92 Å². The highest BCUT2D eigenvalue weighted by Crippen LogP contribution is 2.41. The van der Waals surface area contributed by atoms with Crippen molar-refractivity contribution in [3.63, 3.8) is 0 Å². The number of amides is 1. The molecule has 0 aliphatic carbocycles. The molecule has 0 saturated heterocycles. The number of ether oxygens (including phenoxy) is 2. The van der Waals surface area contributed by atoms with Crippen LogP contribution in [0.2, 0.25) is 18.1 Å². The first-order chi connectivity index (χ1) is 13.4. The van der Waals surface area contributed by atoms with Crippen LogP contribution < -0.4 is 14.5 Å². The Kier molecular flexibility index (Phi) is 9.20. The van der Waals surface area contributed by atoms with Gasteiger partial charge in [-0.3, -0.25) is 9.59 Å². The van der Waals surface area contributed by atoms with E-state index in [1.54, 1.807) is 14.0 Å². The van der Waals surface area contributed by atoms with Crippen LogP contribution >= 0.6 is 0 Å². The van der Waals surface area contributed by atoms with Gasteiger partial charge in [-0.1, -0.05) is 32.9 Å². The van der Waals surface area contributed by atoms with Crippen LogP contribution in [0.1, 0.15) is 53.0 Å². The highest BCUT2D eigenvalue weighted by molar-refractivity contribution is 6.74. The highest BCUT2D eigenvalue weighted by atomic mass is 28.4. The third-order valence-electron chi connectivity index (χ3n) is 5.33. The average Bonchev–Trinajstić information content (AvgIpc) is 2.59. The molecule has 29 heavy (non-hydrogen) atoms. The number of para-hydroxylation sites is 1. The van der Waals surface area contributed by atoms with E-state index in [0.717, 1.165) is 11.3 Å². The van der Waals surface area contributed by atoms with E-state index < -0.39 is 8.32 Å². The number of hydrogen-bond acceptors (Lipinski definition) is 5. The monoisotopic (exact) mass is 423 g/mol. The molecule has 1 amide bonds. The Morgan fingerprint density at radius 1 is 1.21 bits per heavy atom. The number of aryl methyl sites for hydroxylation is 1. The van der Waals surface area contributed by atoms with Crippen LogP contribution in [0.4, 0.5) is 0 Å². The maximum Gasteiger partial charge on any atom is 0.307 e. The van der Waals surface area contributed by atoms with Gasteiger partial charge >= 0.3 is 5.97 Å². The quantitative estimate of drug-likeness (QED) is 0.444. The Bertz CT molecular complexity index is 697. The molecule has 0 bridgehead atoms. The SMILES string of the molecule is CCOC(=O)CC(CCc1cccc(OC)c1O[Si](C)(C)C(C)(C)C)NC(C)=O. The van der Waals surface area contributed by atoms with Crippen LogP contribution in [-0.4, -0.2) is 40.0 Å². The van der Waals surface area contributed by atoms with Crippen molar-refractivity contribution in [2.45, 2.75) is 78.1 Å². The minimum Gasteiger partial charge on any atom is -0.541 e. The molecule has 1 rings (SSSR count). The average molecular weight is 424 g/mol. The zero-order chi connectivity index (χ0) is 22.2. The van der Waals surface area contributed by atoms with Gasteiger partial charge in [0.2, 0.25) is 5.91 Å². The van der Waals surface area contributed by atoms with E-state index >= 15 is 0 Å². The zero-order valence-corrected chi connectivity index (χ0v) is 20.2. The summed E-state index contributed by atoms with van der Waals surface area (Å²) in [5.41, 5.74) is 1.01. The molecule has 1 N–H and O–H groups in total. The van der Waals surface area contributed by atoms with Gasteiger partial charge in [0.15, 0.2) is 5.75 Å². The molecular weight excluding hydrogens is 386 g/mol. The maximum atomic E-state index is 11.9. The smallest absolute Gasteiger partial charge is 0.307 e. The summed E-state index contributed by atoms with van der Waals surface area (Å²) in [5.74, 6) is 0.991. The molecule has 1 aromatic rings. The standard InChI is InChI=1S/C22H37NO5Si/c1-9-27-20(25)15-18(23-16(2)24)14-13-17-11-10-12-19(26-6)21(17)28-29(7,8)22(3,4)5/h10-12,18H,9,13-15H2,1-8H3,(H,23,24). The van der Waals surface area contributed by atoms with Crippen molar-refractivity contribution in [2.24, 2.45) is 0 Å². The van der Waals surface area contributed by atoms with E-state index in [0.29, 0.717) is 25.2 Å². The molecule has 0 saturated carbocycles. The molecule has 1 atom stereocenters. The van der Waals surface area contributed by atoms with E-state index in [9.17, 15) is 9.59 Å². The summed E-state index contributed by atoms with van der Waals surface area (Å²) in [6.07, 6.45) is 1.39. The normalized spacial score (nSPS) is 12.8. The van der Waals surface area contributed by atoms with Crippen LogP contribution in [0.5, 0.6) is 11.5 Å². The van der Waals surface area contributed by atoms with Crippen LogP contribution in [0.25, 0.3) is 0 Å². The molecule has 1 aromatic carbocycles. The fourth-order valence-corrected chi connectivity index (χ4v) is 3.75. The van der Waals surface area contributed by atoms with E-state index in [-0.39, 0.29) is 29.4 Å². The first-order valence-corrected chi connectivity index (χ1v) is 13.1. The Hall–Kier alpha value is -2.02. The fourth-order valence-electron chi connectivity index (χ4n) is 2.71. The summed E-state index contributed by atoms with van der Waals surface area (Å²) in [6.45, 7) is 14.5. The predicted molar refractivity (Wildman–Crippen MR) is 118 cm³/mol. The minimum atomic E-state index is -2.07. The summed E-state index contributed by atoms with van der Waals surface area (Å²) < 4.78 is 17.2. The summed E-state index contributed by atoms with van der Waals surface area (Å²) in [4.78, 5) is 23.5. The van der Waals surface area contributed by atoms with Gasteiger partial charge in [-0.05, 0) is 49.5 Å². The van der Waals surface area contributed by atoms with Crippen molar-refractivity contribution in [3.8, 4) is 11.5 Å². The molecule has 0 aliphatic heterocycles. The summed E-state index contributed by atoms with van der Waals surface area (Å²) in [5, 5.41) is 2.91. The number of hydrogen-bond donors (Lipinski definition) is 1. The molecule has 0 spiro atoms. The molecule has 7 heteroatoms. The second-order valence-corrected chi connectivity index (χ2v) is 13.5. The summed E-state index contributed by atoms with van der Waals surface area (Å²) >= 11 is 0. The second kappa shape index (κ2) is 10.7. The number of carbonyl (C=O) groups excluding carboxylic acids is 2. The van der Waals surface area contributed by atoms with Crippen LogP contribution in [0.15, 0.2) is 18.2 Å². The molecule has 0 radical (unpaired) electrons. The Morgan fingerprint density at radius 3 is 2.38 bits per heavy atom. The molecule has 0 aromatic heterocycles. The second-order valence-electron chi connectivity index (χ2n) is 8.76. The first-order valence-electron chi connectivity index (χ1n) is 10.2. The number of benzene rings is 1. The van der Waals surface area contributed by atoms with E-state index in [4.69, 9.17) is 13.9 Å². The van der Waals surface area contributed by atoms with Crippen LogP contribution in [0, 0.1) is 0 Å². The molecule has 164 valence electrons. The van der Waals surface area contributed by atoms with Gasteiger partial charge in [-0.15, -0.1) is 0 Å². The molecule has 6 nitrogen and oxygen atoms in total. The molecule has 1 unspecified atom stereocenters. The van der Waals surface area contributed by atoms with Crippen molar-refractivity contribution < 1.29 is 23.5 Å². The number of nitrogens with one attached hydrogen (secondary N) is 1. The first kappa shape index (κ1) is 25.0. The fraction of sp³-hybridized carbons (Fsp3) is 0.636. The van der Waals surface area contributed by atoms with Gasteiger partial charge < -0.3 is 19.2 Å². The lowest BCUT2D eigenvalue weighted by molar-refractivity contribution is -0.143. The van der Waals surface area contributed by atoms with Crippen LogP contribution in [-0.2, 0) is 20.7 Å². The Balaban J connectivity index is 3.07. The van der Waals surface area contributed by atoms with Gasteiger partial charge in [0.25, 0.3) is 8.32 Å². The van der Waals surface area contributed by atoms with E-state index in [2.05, 4.69) is 39.2 Å². The van der Waals surface area contributed by atoms with Crippen molar-refractivity contribution in [3.05, 3.63) is 23.8 Å². The topological polar surface area (TPSA) is 73.9 Å². The largest absolute Gasteiger partial charge is 0.541 e. The molecule has 0 fully saturated rings. The molecule has 0 heterocycles. The van der Waals surface area contributed by atoms with Gasteiger partial charge in [0, 0.05) is 13.0 Å². The summed E-state index contributed by atoms with van der Waals surface area (Å²) in [7, 11) is -0.431. The summed E-state index contributed by atoms with van der Waals surface area (Å²) in [6, 6.07) is 5.56. The number of rotatable bonds is 10. The van der Waals surface area contributed by atoms with Gasteiger partial charge in [0.1, 0.15) is 5.75 Å². The Morgan fingerprint density at radius 2 is 1.86 bits per heavy atom. The highest BCUT2D eigenvalue weighted by Gasteiger charge is 2.40. The van der Waals surface area contributed by atoms with Gasteiger partial charge in [0.05, 0.1) is 20.1 Å². The van der Waals surface area contributed by atoms with Gasteiger partial charge in [-0.25, -0.2) is 0 Å². The predicted octanol–water partition coefficient (Wildman–Crippen LogP) is 4.47. The minimum absolute atomic E-state index is 0.0494. The van der Waals surface area contributed by atoms with Crippen molar-refractivity contribution >= 4 is 20.2 Å². The number of carbonyl (C=O) groups is 2. The van der Waals surface area contributed by atoms with E-state index in [1.807, 2.05) is 18.2 Å². The lowest BCUT2D eigenvalue weighted by atomic mass is 10.0. The molecule has 0 aliphatic rings.